The molecule has 1 aliphatic rings. The lowest BCUT2D eigenvalue weighted by molar-refractivity contribution is 0.0717. The fraction of sp³-hybridized carbons (Fsp3) is 0.438. The van der Waals surface area contributed by atoms with E-state index in [0.29, 0.717) is 5.56 Å². The summed E-state index contributed by atoms with van der Waals surface area (Å²) in [6.45, 7) is 1.77. The molecule has 3 heterocycles. The molecule has 1 aliphatic heterocycles. The van der Waals surface area contributed by atoms with Gasteiger partial charge in [0.25, 0.3) is 5.91 Å². The molecule has 1 atom stereocenters. The number of piperidine rings is 1. The van der Waals surface area contributed by atoms with Crippen molar-refractivity contribution in [2.24, 2.45) is 7.05 Å². The minimum atomic E-state index is 0.0220. The van der Waals surface area contributed by atoms with Crippen LogP contribution in [0.15, 0.2) is 35.2 Å². The third kappa shape index (κ3) is 3.55. The highest BCUT2D eigenvalue weighted by molar-refractivity contribution is 9.10. The fourth-order valence-electron chi connectivity index (χ4n) is 2.94. The van der Waals surface area contributed by atoms with Crippen molar-refractivity contribution in [3.8, 4) is 0 Å². The van der Waals surface area contributed by atoms with Crippen molar-refractivity contribution in [3.05, 3.63) is 40.8 Å². The number of rotatable bonds is 3. The molecular weight excluding hydrogens is 358 g/mol. The summed E-state index contributed by atoms with van der Waals surface area (Å²) in [6.07, 6.45) is 7.25. The van der Waals surface area contributed by atoms with E-state index in [9.17, 15) is 4.79 Å². The Kier molecular flexibility index (Phi) is 4.66. The number of hydrogen-bond donors (Lipinski definition) is 0. The largest absolute Gasteiger partial charge is 0.355 e. The molecule has 0 spiro atoms. The van der Waals surface area contributed by atoms with Crippen LogP contribution in [0.1, 0.15) is 23.2 Å². The van der Waals surface area contributed by atoms with Crippen molar-refractivity contribution in [1.29, 1.82) is 0 Å². The second-order valence-corrected chi connectivity index (χ2v) is 6.81. The smallest absolute Gasteiger partial charge is 0.257 e. The highest BCUT2D eigenvalue weighted by Crippen LogP contribution is 2.22. The van der Waals surface area contributed by atoms with E-state index in [4.69, 9.17) is 0 Å². The van der Waals surface area contributed by atoms with Gasteiger partial charge in [0, 0.05) is 50.1 Å². The van der Waals surface area contributed by atoms with E-state index in [1.807, 2.05) is 37.3 Å². The number of aromatic nitrogens is 3. The summed E-state index contributed by atoms with van der Waals surface area (Å²) >= 11 is 3.41. The molecule has 1 amide bonds. The van der Waals surface area contributed by atoms with E-state index < -0.39 is 0 Å². The van der Waals surface area contributed by atoms with Crippen LogP contribution < -0.4 is 4.90 Å². The monoisotopic (exact) mass is 377 g/mol. The molecule has 0 saturated carbocycles. The number of pyridine rings is 1. The molecule has 23 heavy (non-hydrogen) atoms. The number of nitrogens with zero attached hydrogens (tertiary/aromatic N) is 5. The molecule has 3 rings (SSSR count). The van der Waals surface area contributed by atoms with Crippen molar-refractivity contribution < 1.29 is 4.79 Å². The highest BCUT2D eigenvalue weighted by Gasteiger charge is 2.27. The summed E-state index contributed by atoms with van der Waals surface area (Å²) in [5.41, 5.74) is 0.633. The summed E-state index contributed by atoms with van der Waals surface area (Å²) in [5, 5.41) is 4.08. The lowest BCUT2D eigenvalue weighted by Gasteiger charge is -2.38. The van der Waals surface area contributed by atoms with E-state index >= 15 is 0 Å². The number of halogens is 1. The van der Waals surface area contributed by atoms with Crippen molar-refractivity contribution >= 4 is 27.7 Å². The molecule has 6 nitrogen and oxygen atoms in total. The van der Waals surface area contributed by atoms with Crippen LogP contribution in [0.5, 0.6) is 0 Å². The van der Waals surface area contributed by atoms with E-state index in [1.54, 1.807) is 17.1 Å². The second-order valence-electron chi connectivity index (χ2n) is 5.90. The van der Waals surface area contributed by atoms with E-state index in [2.05, 4.69) is 30.9 Å². The normalized spacial score (nSPS) is 18.0. The second kappa shape index (κ2) is 6.70. The number of carbonyl (C=O) groups is 1. The maximum Gasteiger partial charge on any atom is 0.257 e. The minimum Gasteiger partial charge on any atom is -0.355 e. The van der Waals surface area contributed by atoms with Crippen molar-refractivity contribution in [3.63, 3.8) is 0 Å². The Morgan fingerprint density at radius 1 is 1.39 bits per heavy atom. The number of carbonyl (C=O) groups excluding carboxylic acids is 1. The third-order valence-corrected chi connectivity index (χ3v) is 4.72. The van der Waals surface area contributed by atoms with Crippen molar-refractivity contribution in [2.75, 3.05) is 25.0 Å². The van der Waals surface area contributed by atoms with Gasteiger partial charge in [0.05, 0.1) is 11.8 Å². The lowest BCUT2D eigenvalue weighted by atomic mass is 10.0. The maximum absolute atomic E-state index is 12.6. The molecule has 1 fully saturated rings. The zero-order valence-corrected chi connectivity index (χ0v) is 14.9. The molecule has 0 N–H and O–H groups in total. The summed E-state index contributed by atoms with van der Waals surface area (Å²) in [7, 11) is 3.69. The topological polar surface area (TPSA) is 54.3 Å². The van der Waals surface area contributed by atoms with Gasteiger partial charge < -0.3 is 9.80 Å². The summed E-state index contributed by atoms with van der Waals surface area (Å²) in [4.78, 5) is 21.1. The summed E-state index contributed by atoms with van der Waals surface area (Å²) in [6, 6.07) is 4.19. The molecular formula is C16H20BrN5O. The Morgan fingerprint density at radius 3 is 2.87 bits per heavy atom. The Labute approximate surface area is 144 Å². The molecule has 1 saturated heterocycles. The van der Waals surface area contributed by atoms with Crippen LogP contribution in [0, 0.1) is 0 Å². The Bertz CT molecular complexity index is 684. The quantitative estimate of drug-likeness (QED) is 0.823. The first-order valence-electron chi connectivity index (χ1n) is 7.67. The van der Waals surface area contributed by atoms with Gasteiger partial charge in [-0.1, -0.05) is 0 Å². The van der Waals surface area contributed by atoms with Crippen molar-refractivity contribution in [2.45, 2.75) is 18.9 Å². The zero-order chi connectivity index (χ0) is 16.4. The average molecular weight is 378 g/mol. The van der Waals surface area contributed by atoms with Gasteiger partial charge in [-0.2, -0.15) is 5.10 Å². The number of aryl methyl sites for hydroxylation is 1. The standard InChI is InChI=1S/C16H20BrN5O/c1-20-10-12(8-19-20)16(23)21(2)14-4-3-7-22(11-14)15-6-5-13(17)9-18-15/h5-6,8-10,14H,3-4,7,11H2,1-2H3. The molecule has 122 valence electrons. The van der Waals surface area contributed by atoms with Crippen LogP contribution in [0.3, 0.4) is 0 Å². The van der Waals surface area contributed by atoms with Gasteiger partial charge in [-0.05, 0) is 40.9 Å². The van der Waals surface area contributed by atoms with Crippen LogP contribution in [0.4, 0.5) is 5.82 Å². The van der Waals surface area contributed by atoms with E-state index in [1.165, 1.54) is 0 Å². The highest BCUT2D eigenvalue weighted by atomic mass is 79.9. The van der Waals surface area contributed by atoms with Gasteiger partial charge in [-0.3, -0.25) is 9.48 Å². The molecule has 2 aromatic rings. The van der Waals surface area contributed by atoms with Gasteiger partial charge in [-0.15, -0.1) is 0 Å². The lowest BCUT2D eigenvalue weighted by Crippen LogP contribution is -2.48. The number of amides is 1. The Balaban J connectivity index is 1.70. The van der Waals surface area contributed by atoms with Gasteiger partial charge >= 0.3 is 0 Å². The number of anilines is 1. The van der Waals surface area contributed by atoms with Crippen molar-refractivity contribution in [1.82, 2.24) is 19.7 Å². The Morgan fingerprint density at radius 2 is 2.22 bits per heavy atom. The van der Waals surface area contributed by atoms with Gasteiger partial charge in [0.1, 0.15) is 5.82 Å². The molecule has 2 aromatic heterocycles. The van der Waals surface area contributed by atoms with E-state index in [0.717, 1.165) is 36.2 Å². The predicted octanol–water partition coefficient (Wildman–Crippen LogP) is 2.32. The zero-order valence-electron chi connectivity index (χ0n) is 13.3. The molecule has 0 bridgehead atoms. The number of hydrogen-bond acceptors (Lipinski definition) is 4. The van der Waals surface area contributed by atoms with Gasteiger partial charge in [-0.25, -0.2) is 4.98 Å². The first-order chi connectivity index (χ1) is 11.0. The molecule has 0 radical (unpaired) electrons. The van der Waals surface area contributed by atoms with Crippen LogP contribution >= 0.6 is 15.9 Å². The van der Waals surface area contributed by atoms with E-state index in [-0.39, 0.29) is 11.9 Å². The summed E-state index contributed by atoms with van der Waals surface area (Å²) in [5.74, 6) is 0.980. The number of likely N-dealkylation sites (N-methyl/N-ethyl adjacent to an activating group) is 1. The molecule has 7 heteroatoms. The summed E-state index contributed by atoms with van der Waals surface area (Å²) < 4.78 is 2.62. The Hall–Kier alpha value is -1.89. The molecule has 0 aliphatic carbocycles. The SMILES string of the molecule is CN(C(=O)c1cnn(C)c1)C1CCCN(c2ccc(Br)cn2)C1. The first-order valence-corrected chi connectivity index (χ1v) is 8.46. The van der Waals surface area contributed by atoms with Crippen LogP contribution in [-0.2, 0) is 7.05 Å². The van der Waals surface area contributed by atoms with Crippen LogP contribution in [0.25, 0.3) is 0 Å². The third-order valence-electron chi connectivity index (χ3n) is 4.25. The van der Waals surface area contributed by atoms with Gasteiger partial charge in [0.15, 0.2) is 0 Å². The minimum absolute atomic E-state index is 0.0220. The fourth-order valence-corrected chi connectivity index (χ4v) is 3.17. The van der Waals surface area contributed by atoms with Crippen LogP contribution in [-0.4, -0.2) is 51.8 Å². The average Bonchev–Trinajstić information content (AvgIpc) is 3.01. The maximum atomic E-state index is 12.6. The van der Waals surface area contributed by atoms with Crippen LogP contribution in [0.2, 0.25) is 0 Å². The molecule has 0 aromatic carbocycles. The first kappa shape index (κ1) is 16.0. The molecule has 1 unspecified atom stereocenters. The predicted molar refractivity (Wildman–Crippen MR) is 92.5 cm³/mol. The van der Waals surface area contributed by atoms with Gasteiger partial charge in [0.2, 0.25) is 0 Å².